The number of aryl methyl sites for hydroxylation is 2. The predicted molar refractivity (Wildman–Crippen MR) is 92.4 cm³/mol. The van der Waals surface area contributed by atoms with Crippen LogP contribution < -0.4 is 0 Å². The second-order valence-corrected chi connectivity index (χ2v) is 6.24. The zero-order chi connectivity index (χ0) is 15.4. The summed E-state index contributed by atoms with van der Waals surface area (Å²) in [5, 5.41) is 0.870. The topological polar surface area (TPSA) is 25.5 Å². The molecule has 0 N–H and O–H groups in total. The molecule has 2 aromatic carbocycles. The smallest absolute Gasteiger partial charge is 0.165 e. The summed E-state index contributed by atoms with van der Waals surface area (Å²) in [5.74, 6) is 0.759. The van der Waals surface area contributed by atoms with Crippen LogP contribution in [0.15, 0.2) is 80.1 Å². The van der Waals surface area contributed by atoms with Crippen molar-refractivity contribution in [2.75, 3.05) is 0 Å². The van der Waals surface area contributed by atoms with Crippen LogP contribution in [0.25, 0.3) is 0 Å². The standard InChI is InChI=1S/C19H17NOS/c1-14-3-7-16(8-4-14)20-13-17-9-12-19(21-17)22-18-10-5-15(2)6-11-18/h3-13H,1-2H3. The first-order valence-electron chi connectivity index (χ1n) is 7.14. The number of furan rings is 1. The summed E-state index contributed by atoms with van der Waals surface area (Å²) in [5.41, 5.74) is 3.41. The van der Waals surface area contributed by atoms with Gasteiger partial charge in [-0.05, 0) is 50.2 Å². The van der Waals surface area contributed by atoms with E-state index in [1.165, 1.54) is 16.0 Å². The van der Waals surface area contributed by atoms with Gasteiger partial charge in [-0.1, -0.05) is 47.2 Å². The van der Waals surface area contributed by atoms with Gasteiger partial charge in [-0.25, -0.2) is 0 Å². The highest BCUT2D eigenvalue weighted by atomic mass is 32.2. The Morgan fingerprint density at radius 1 is 0.818 bits per heavy atom. The van der Waals surface area contributed by atoms with Crippen LogP contribution in [0.3, 0.4) is 0 Å². The van der Waals surface area contributed by atoms with Crippen molar-refractivity contribution < 1.29 is 4.42 Å². The fraction of sp³-hybridized carbons (Fsp3) is 0.105. The molecule has 3 rings (SSSR count). The van der Waals surface area contributed by atoms with Gasteiger partial charge in [-0.15, -0.1) is 0 Å². The number of hydrogen-bond acceptors (Lipinski definition) is 3. The van der Waals surface area contributed by atoms with Crippen LogP contribution in [0.1, 0.15) is 16.9 Å². The zero-order valence-corrected chi connectivity index (χ0v) is 13.4. The average molecular weight is 307 g/mol. The van der Waals surface area contributed by atoms with Crippen LogP contribution in [0.5, 0.6) is 0 Å². The Labute approximate surface area is 134 Å². The number of benzene rings is 2. The van der Waals surface area contributed by atoms with E-state index in [1.54, 1.807) is 18.0 Å². The van der Waals surface area contributed by atoms with E-state index in [0.717, 1.165) is 16.5 Å². The molecule has 2 nitrogen and oxygen atoms in total. The molecule has 1 aromatic heterocycles. The van der Waals surface area contributed by atoms with Gasteiger partial charge in [0.15, 0.2) is 5.09 Å². The Kier molecular flexibility index (Phi) is 4.45. The molecule has 3 heteroatoms. The van der Waals surface area contributed by atoms with Crippen molar-refractivity contribution in [2.45, 2.75) is 23.8 Å². The average Bonchev–Trinajstić information content (AvgIpc) is 2.97. The second kappa shape index (κ2) is 6.67. The maximum absolute atomic E-state index is 5.78. The molecule has 0 amide bonds. The molecule has 0 saturated heterocycles. The van der Waals surface area contributed by atoms with E-state index in [2.05, 4.69) is 43.1 Å². The maximum Gasteiger partial charge on any atom is 0.165 e. The first-order valence-corrected chi connectivity index (χ1v) is 7.96. The second-order valence-electron chi connectivity index (χ2n) is 5.17. The number of aliphatic imine (C=N–C) groups is 1. The van der Waals surface area contributed by atoms with E-state index in [9.17, 15) is 0 Å². The molecule has 22 heavy (non-hydrogen) atoms. The predicted octanol–water partition coefficient (Wildman–Crippen LogP) is 5.80. The van der Waals surface area contributed by atoms with Gasteiger partial charge >= 0.3 is 0 Å². The molecule has 0 bridgehead atoms. The van der Waals surface area contributed by atoms with Crippen molar-refractivity contribution in [3.8, 4) is 0 Å². The lowest BCUT2D eigenvalue weighted by Crippen LogP contribution is -1.75. The summed E-state index contributed by atoms with van der Waals surface area (Å²) < 4.78 is 5.78. The van der Waals surface area contributed by atoms with Gasteiger partial charge in [0.25, 0.3) is 0 Å². The summed E-state index contributed by atoms with van der Waals surface area (Å²) in [4.78, 5) is 5.59. The maximum atomic E-state index is 5.78. The fourth-order valence-electron chi connectivity index (χ4n) is 1.95. The van der Waals surface area contributed by atoms with Gasteiger partial charge in [0, 0.05) is 4.90 Å². The molecule has 0 atom stereocenters. The minimum atomic E-state index is 0.759. The van der Waals surface area contributed by atoms with E-state index >= 15 is 0 Å². The number of nitrogens with zero attached hydrogens (tertiary/aromatic N) is 1. The zero-order valence-electron chi connectivity index (χ0n) is 12.6. The molecule has 0 aliphatic heterocycles. The van der Waals surface area contributed by atoms with Gasteiger partial charge in [-0.2, -0.15) is 0 Å². The highest BCUT2D eigenvalue weighted by molar-refractivity contribution is 7.99. The summed E-state index contributed by atoms with van der Waals surface area (Å²) >= 11 is 1.61. The van der Waals surface area contributed by atoms with Crippen molar-refractivity contribution >= 4 is 23.7 Å². The van der Waals surface area contributed by atoms with Crippen molar-refractivity contribution in [2.24, 2.45) is 4.99 Å². The van der Waals surface area contributed by atoms with E-state index < -0.39 is 0 Å². The molecule has 0 radical (unpaired) electrons. The molecule has 0 saturated carbocycles. The minimum Gasteiger partial charge on any atom is -0.449 e. The first-order chi connectivity index (χ1) is 10.7. The Morgan fingerprint density at radius 3 is 2.14 bits per heavy atom. The first kappa shape index (κ1) is 14.7. The van der Waals surface area contributed by atoms with Crippen LogP contribution in [-0.4, -0.2) is 6.21 Å². The van der Waals surface area contributed by atoms with E-state index in [4.69, 9.17) is 4.42 Å². The third-order valence-electron chi connectivity index (χ3n) is 3.22. The number of rotatable bonds is 4. The third kappa shape index (κ3) is 3.89. The van der Waals surface area contributed by atoms with Gasteiger partial charge in [0.1, 0.15) is 5.76 Å². The van der Waals surface area contributed by atoms with E-state index in [-0.39, 0.29) is 0 Å². The molecule has 0 fully saturated rings. The largest absolute Gasteiger partial charge is 0.449 e. The molecular weight excluding hydrogens is 290 g/mol. The highest BCUT2D eigenvalue weighted by Gasteiger charge is 2.02. The SMILES string of the molecule is Cc1ccc(N=Cc2ccc(Sc3ccc(C)cc3)o2)cc1. The van der Waals surface area contributed by atoms with E-state index in [1.807, 2.05) is 36.4 Å². The van der Waals surface area contributed by atoms with E-state index in [0.29, 0.717) is 0 Å². The third-order valence-corrected chi connectivity index (χ3v) is 4.14. The lowest BCUT2D eigenvalue weighted by molar-refractivity contribution is 0.469. The molecule has 0 unspecified atom stereocenters. The summed E-state index contributed by atoms with van der Waals surface area (Å²) in [6.07, 6.45) is 1.75. The van der Waals surface area contributed by atoms with Gasteiger partial charge in [0.2, 0.25) is 0 Å². The van der Waals surface area contributed by atoms with Crippen LogP contribution >= 0.6 is 11.8 Å². The van der Waals surface area contributed by atoms with Crippen LogP contribution in [0.4, 0.5) is 5.69 Å². The summed E-state index contributed by atoms with van der Waals surface area (Å²) in [7, 11) is 0. The number of hydrogen-bond donors (Lipinski definition) is 0. The lowest BCUT2D eigenvalue weighted by atomic mass is 10.2. The Balaban J connectivity index is 1.68. The molecule has 110 valence electrons. The molecule has 0 spiro atoms. The monoisotopic (exact) mass is 307 g/mol. The van der Waals surface area contributed by atoms with Gasteiger partial charge in [-0.3, -0.25) is 4.99 Å². The summed E-state index contributed by atoms with van der Waals surface area (Å²) in [6, 6.07) is 20.4. The Bertz CT molecular complexity index is 770. The molecule has 0 aliphatic carbocycles. The molecule has 1 heterocycles. The highest BCUT2D eigenvalue weighted by Crippen LogP contribution is 2.29. The van der Waals surface area contributed by atoms with Gasteiger partial charge < -0.3 is 4.42 Å². The molecule has 0 aliphatic rings. The van der Waals surface area contributed by atoms with Crippen molar-refractivity contribution in [1.82, 2.24) is 0 Å². The van der Waals surface area contributed by atoms with Crippen molar-refractivity contribution in [3.05, 3.63) is 77.6 Å². The van der Waals surface area contributed by atoms with Crippen molar-refractivity contribution in [3.63, 3.8) is 0 Å². The normalized spacial score (nSPS) is 11.2. The van der Waals surface area contributed by atoms with Crippen LogP contribution in [0.2, 0.25) is 0 Å². The van der Waals surface area contributed by atoms with Gasteiger partial charge in [0.05, 0.1) is 11.9 Å². The molecular formula is C19H17NOS. The quantitative estimate of drug-likeness (QED) is 0.569. The fourth-order valence-corrected chi connectivity index (χ4v) is 2.73. The Morgan fingerprint density at radius 2 is 1.45 bits per heavy atom. The van der Waals surface area contributed by atoms with Crippen LogP contribution in [-0.2, 0) is 0 Å². The van der Waals surface area contributed by atoms with Crippen LogP contribution in [0, 0.1) is 13.8 Å². The lowest BCUT2D eigenvalue weighted by Gasteiger charge is -1.98. The Hall–Kier alpha value is -2.26. The molecule has 3 aromatic rings. The summed E-state index contributed by atoms with van der Waals surface area (Å²) in [6.45, 7) is 4.15. The van der Waals surface area contributed by atoms with Crippen molar-refractivity contribution in [1.29, 1.82) is 0 Å². The minimum absolute atomic E-state index is 0.759.